The van der Waals surface area contributed by atoms with Gasteiger partial charge in [0, 0.05) is 31.1 Å². The summed E-state index contributed by atoms with van der Waals surface area (Å²) in [5.74, 6) is 0.626. The molecule has 4 aromatic rings. The molecular weight excluding hydrogens is 389 g/mol. The van der Waals surface area contributed by atoms with Crippen molar-refractivity contribution in [2.75, 3.05) is 11.4 Å². The first-order chi connectivity index (χ1) is 15.2. The summed E-state index contributed by atoms with van der Waals surface area (Å²) >= 11 is 0. The molecule has 154 valence electrons. The van der Waals surface area contributed by atoms with E-state index >= 15 is 0 Å². The summed E-state index contributed by atoms with van der Waals surface area (Å²) in [4.78, 5) is 19.4. The fourth-order valence-electron chi connectivity index (χ4n) is 4.21. The van der Waals surface area contributed by atoms with Gasteiger partial charge < -0.3 is 9.47 Å². The molecule has 0 N–H and O–H groups in total. The zero-order valence-electron chi connectivity index (χ0n) is 17.0. The Hall–Kier alpha value is -3.73. The minimum atomic E-state index is -0.307. The standard InChI is InChI=1S/C26H22FN3O/c27-21-12-14-22(15-13-21)30-18-20(17-25(30)31)26-28-23-10-4-5-11-24(23)29(26)16-6-9-19-7-2-1-3-8-19/h1-15,20H,16-18H2/b9-6+/t20-/m1/s1. The van der Waals surface area contributed by atoms with Gasteiger partial charge in [0.25, 0.3) is 0 Å². The molecule has 31 heavy (non-hydrogen) atoms. The van der Waals surface area contributed by atoms with Crippen molar-refractivity contribution in [3.63, 3.8) is 0 Å². The Morgan fingerprint density at radius 3 is 2.52 bits per heavy atom. The first-order valence-corrected chi connectivity index (χ1v) is 10.4. The number of imidazole rings is 1. The van der Waals surface area contributed by atoms with Crippen LogP contribution in [0.25, 0.3) is 17.1 Å². The lowest BCUT2D eigenvalue weighted by molar-refractivity contribution is -0.117. The Balaban J connectivity index is 1.45. The monoisotopic (exact) mass is 411 g/mol. The molecule has 5 rings (SSSR count). The molecule has 1 atom stereocenters. The van der Waals surface area contributed by atoms with Crippen molar-refractivity contribution in [1.82, 2.24) is 9.55 Å². The maximum Gasteiger partial charge on any atom is 0.227 e. The van der Waals surface area contributed by atoms with E-state index < -0.39 is 0 Å². The summed E-state index contributed by atoms with van der Waals surface area (Å²) in [6, 6.07) is 24.3. The zero-order valence-corrected chi connectivity index (χ0v) is 17.0. The smallest absolute Gasteiger partial charge is 0.227 e. The lowest BCUT2D eigenvalue weighted by Gasteiger charge is -2.17. The van der Waals surface area contributed by atoms with Gasteiger partial charge in [-0.2, -0.15) is 0 Å². The summed E-state index contributed by atoms with van der Waals surface area (Å²) in [5.41, 5.74) is 3.86. The lowest BCUT2D eigenvalue weighted by atomic mass is 10.1. The maximum absolute atomic E-state index is 13.3. The van der Waals surface area contributed by atoms with Gasteiger partial charge in [-0.25, -0.2) is 9.37 Å². The van der Waals surface area contributed by atoms with Crippen molar-refractivity contribution in [3.05, 3.63) is 102 Å². The van der Waals surface area contributed by atoms with E-state index in [1.165, 1.54) is 12.1 Å². The number of rotatable bonds is 5. The number of anilines is 1. The number of hydrogen-bond donors (Lipinski definition) is 0. The van der Waals surface area contributed by atoms with E-state index in [-0.39, 0.29) is 17.6 Å². The summed E-state index contributed by atoms with van der Waals surface area (Å²) in [6.07, 6.45) is 4.62. The Morgan fingerprint density at radius 1 is 0.968 bits per heavy atom. The number of benzene rings is 3. The number of aromatic nitrogens is 2. The maximum atomic E-state index is 13.3. The molecule has 3 aromatic carbocycles. The third-order valence-corrected chi connectivity index (χ3v) is 5.71. The molecule has 0 aliphatic carbocycles. The molecular formula is C26H22FN3O. The number of fused-ring (bicyclic) bond motifs is 1. The Bertz CT molecular complexity index is 1240. The molecule has 0 spiro atoms. The minimum absolute atomic E-state index is 0.0184. The van der Waals surface area contributed by atoms with Crippen molar-refractivity contribution in [1.29, 1.82) is 0 Å². The molecule has 1 fully saturated rings. The largest absolute Gasteiger partial charge is 0.324 e. The fraction of sp³-hybridized carbons (Fsp3) is 0.154. The van der Waals surface area contributed by atoms with Crippen LogP contribution in [0.5, 0.6) is 0 Å². The average molecular weight is 411 g/mol. The van der Waals surface area contributed by atoms with E-state index in [4.69, 9.17) is 4.98 Å². The first-order valence-electron chi connectivity index (χ1n) is 10.4. The highest BCUT2D eigenvalue weighted by atomic mass is 19.1. The van der Waals surface area contributed by atoms with Gasteiger partial charge in [0.1, 0.15) is 11.6 Å². The van der Waals surface area contributed by atoms with Crippen molar-refractivity contribution >= 4 is 28.7 Å². The van der Waals surface area contributed by atoms with E-state index in [0.29, 0.717) is 19.5 Å². The van der Waals surface area contributed by atoms with E-state index in [9.17, 15) is 9.18 Å². The molecule has 1 aliphatic rings. The summed E-state index contributed by atoms with van der Waals surface area (Å²) in [6.45, 7) is 1.21. The Labute approximate surface area is 180 Å². The molecule has 1 saturated heterocycles. The van der Waals surface area contributed by atoms with Crippen LogP contribution >= 0.6 is 0 Å². The molecule has 0 radical (unpaired) electrons. The molecule has 1 aromatic heterocycles. The predicted octanol–water partition coefficient (Wildman–Crippen LogP) is 5.41. The molecule has 0 saturated carbocycles. The molecule has 0 bridgehead atoms. The summed E-state index contributed by atoms with van der Waals surface area (Å²) in [7, 11) is 0. The van der Waals surface area contributed by atoms with Gasteiger partial charge in [-0.3, -0.25) is 4.79 Å². The van der Waals surface area contributed by atoms with Crippen LogP contribution in [0.1, 0.15) is 23.7 Å². The number of carbonyl (C=O) groups excluding carboxylic acids is 1. The third kappa shape index (κ3) is 3.87. The first kappa shape index (κ1) is 19.2. The van der Waals surface area contributed by atoms with Crippen LogP contribution in [0.3, 0.4) is 0 Å². The topological polar surface area (TPSA) is 38.1 Å². The summed E-state index contributed by atoms with van der Waals surface area (Å²) in [5, 5.41) is 0. The highest BCUT2D eigenvalue weighted by Crippen LogP contribution is 2.33. The van der Waals surface area contributed by atoms with Crippen LogP contribution in [0.15, 0.2) is 84.9 Å². The number of allylic oxidation sites excluding steroid dienone is 1. The summed E-state index contributed by atoms with van der Waals surface area (Å²) < 4.78 is 15.5. The van der Waals surface area contributed by atoms with Crippen molar-refractivity contribution in [3.8, 4) is 0 Å². The number of carbonyl (C=O) groups is 1. The predicted molar refractivity (Wildman–Crippen MR) is 121 cm³/mol. The molecule has 1 aliphatic heterocycles. The average Bonchev–Trinajstić information content (AvgIpc) is 3.36. The van der Waals surface area contributed by atoms with Crippen molar-refractivity contribution in [2.45, 2.75) is 18.9 Å². The fourth-order valence-corrected chi connectivity index (χ4v) is 4.21. The number of nitrogens with zero attached hydrogens (tertiary/aromatic N) is 3. The molecule has 2 heterocycles. The van der Waals surface area contributed by atoms with Crippen molar-refractivity contribution in [2.24, 2.45) is 0 Å². The van der Waals surface area contributed by atoms with Gasteiger partial charge in [0.2, 0.25) is 5.91 Å². The molecule has 4 nitrogen and oxygen atoms in total. The van der Waals surface area contributed by atoms with Gasteiger partial charge >= 0.3 is 0 Å². The Morgan fingerprint density at radius 2 is 1.71 bits per heavy atom. The van der Waals surface area contributed by atoms with Crippen LogP contribution < -0.4 is 4.90 Å². The SMILES string of the molecule is O=C1C[C@@H](c2nc3ccccc3n2C/C=C/c2ccccc2)CN1c1ccc(F)cc1. The second-order valence-corrected chi connectivity index (χ2v) is 7.76. The quantitative estimate of drug-likeness (QED) is 0.440. The van der Waals surface area contributed by atoms with E-state index in [0.717, 1.165) is 28.1 Å². The van der Waals surface area contributed by atoms with Crippen LogP contribution in [0.4, 0.5) is 10.1 Å². The highest BCUT2D eigenvalue weighted by Gasteiger charge is 2.34. The van der Waals surface area contributed by atoms with Gasteiger partial charge in [-0.05, 0) is 42.0 Å². The molecule has 5 heteroatoms. The molecule has 1 amide bonds. The van der Waals surface area contributed by atoms with E-state index in [1.807, 2.05) is 36.4 Å². The van der Waals surface area contributed by atoms with Crippen LogP contribution in [0.2, 0.25) is 0 Å². The number of hydrogen-bond acceptors (Lipinski definition) is 2. The second-order valence-electron chi connectivity index (χ2n) is 7.76. The van der Waals surface area contributed by atoms with Gasteiger partial charge in [0.15, 0.2) is 0 Å². The molecule has 0 unspecified atom stereocenters. The number of amides is 1. The highest BCUT2D eigenvalue weighted by molar-refractivity contribution is 5.96. The minimum Gasteiger partial charge on any atom is -0.324 e. The van der Waals surface area contributed by atoms with Crippen LogP contribution in [0, 0.1) is 5.82 Å². The second kappa shape index (κ2) is 8.19. The third-order valence-electron chi connectivity index (χ3n) is 5.71. The Kier molecular flexibility index (Phi) is 5.08. The normalized spacial score (nSPS) is 16.6. The zero-order chi connectivity index (χ0) is 21.2. The number of para-hydroxylation sites is 2. The van der Waals surface area contributed by atoms with Gasteiger partial charge in [-0.15, -0.1) is 0 Å². The van der Waals surface area contributed by atoms with Gasteiger partial charge in [0.05, 0.1) is 11.0 Å². The number of halogens is 1. The van der Waals surface area contributed by atoms with E-state index in [1.54, 1.807) is 17.0 Å². The van der Waals surface area contributed by atoms with Gasteiger partial charge in [-0.1, -0.05) is 54.6 Å². The van der Waals surface area contributed by atoms with Crippen molar-refractivity contribution < 1.29 is 9.18 Å². The van der Waals surface area contributed by atoms with Crippen LogP contribution in [-0.2, 0) is 11.3 Å². The van der Waals surface area contributed by atoms with E-state index in [2.05, 4.69) is 34.9 Å². The van der Waals surface area contributed by atoms with Crippen LogP contribution in [-0.4, -0.2) is 22.0 Å². The lowest BCUT2D eigenvalue weighted by Crippen LogP contribution is -2.24.